The third-order valence-corrected chi connectivity index (χ3v) is 2.71. The van der Waals surface area contributed by atoms with Crippen LogP contribution in [0.25, 0.3) is 0 Å². The zero-order chi connectivity index (χ0) is 18.6. The predicted octanol–water partition coefficient (Wildman–Crippen LogP) is 3.44. The van der Waals surface area contributed by atoms with Crippen LogP contribution >= 0.6 is 0 Å². The van der Waals surface area contributed by atoms with Crippen molar-refractivity contribution in [2.75, 3.05) is 0 Å². The van der Waals surface area contributed by atoms with Gasteiger partial charge in [0.1, 0.15) is 11.1 Å². The maximum atomic E-state index is 11.8. The lowest BCUT2D eigenvalue weighted by Crippen LogP contribution is -2.19. The van der Waals surface area contributed by atoms with Gasteiger partial charge in [0.2, 0.25) is 0 Å². The smallest absolute Gasteiger partial charge is 0.343 e. The average Bonchev–Trinajstić information content (AvgIpc) is 2.38. The first kappa shape index (κ1) is 19.6. The van der Waals surface area contributed by atoms with Crippen molar-refractivity contribution in [3.05, 3.63) is 17.2 Å². The Morgan fingerprint density at radius 1 is 0.792 bits per heavy atom. The SMILES string of the molecule is CC(C)Oc1cc(C(=O)O)c(OC(C)C)c(C(=O)O)c1OC(C)C. The minimum atomic E-state index is -1.35. The van der Waals surface area contributed by atoms with E-state index in [1.165, 1.54) is 6.07 Å². The van der Waals surface area contributed by atoms with E-state index in [1.807, 2.05) is 0 Å². The van der Waals surface area contributed by atoms with Crippen LogP contribution in [0, 0.1) is 0 Å². The van der Waals surface area contributed by atoms with Gasteiger partial charge in [-0.1, -0.05) is 0 Å². The molecule has 0 saturated carbocycles. The van der Waals surface area contributed by atoms with Gasteiger partial charge >= 0.3 is 11.9 Å². The molecule has 24 heavy (non-hydrogen) atoms. The standard InChI is InChI=1S/C17H24O7/c1-8(2)22-12-7-11(16(18)19)14(23-9(3)4)13(17(20)21)15(12)24-10(5)6/h7-10H,1-6H3,(H,18,19)(H,20,21). The first-order chi connectivity index (χ1) is 11.0. The fraction of sp³-hybridized carbons (Fsp3) is 0.529. The van der Waals surface area contributed by atoms with Gasteiger partial charge in [0.25, 0.3) is 0 Å². The first-order valence-electron chi connectivity index (χ1n) is 7.72. The molecule has 0 fully saturated rings. The van der Waals surface area contributed by atoms with E-state index in [-0.39, 0.29) is 40.6 Å². The summed E-state index contributed by atoms with van der Waals surface area (Å²) in [4.78, 5) is 23.4. The second-order valence-corrected chi connectivity index (χ2v) is 6.07. The van der Waals surface area contributed by atoms with E-state index in [4.69, 9.17) is 14.2 Å². The van der Waals surface area contributed by atoms with Gasteiger partial charge in [-0.05, 0) is 41.5 Å². The summed E-state index contributed by atoms with van der Waals surface area (Å²) in [5.74, 6) is -2.87. The Morgan fingerprint density at radius 3 is 1.62 bits per heavy atom. The number of benzene rings is 1. The van der Waals surface area contributed by atoms with E-state index in [2.05, 4.69) is 0 Å². The highest BCUT2D eigenvalue weighted by molar-refractivity contribution is 6.02. The van der Waals surface area contributed by atoms with Crippen LogP contribution in [-0.4, -0.2) is 40.5 Å². The summed E-state index contributed by atoms with van der Waals surface area (Å²) in [6.07, 6.45) is -1.04. The van der Waals surface area contributed by atoms with Crippen LogP contribution in [0.4, 0.5) is 0 Å². The first-order valence-corrected chi connectivity index (χ1v) is 7.72. The normalized spacial score (nSPS) is 11.0. The molecular weight excluding hydrogens is 316 g/mol. The quantitative estimate of drug-likeness (QED) is 0.747. The number of hydrogen-bond acceptors (Lipinski definition) is 5. The molecular formula is C17H24O7. The van der Waals surface area contributed by atoms with Crippen molar-refractivity contribution >= 4 is 11.9 Å². The third kappa shape index (κ3) is 4.78. The predicted molar refractivity (Wildman–Crippen MR) is 87.7 cm³/mol. The number of carbonyl (C=O) groups is 2. The number of carboxylic acids is 2. The van der Waals surface area contributed by atoms with Crippen LogP contribution in [0.15, 0.2) is 6.07 Å². The van der Waals surface area contributed by atoms with Crippen molar-refractivity contribution < 1.29 is 34.0 Å². The molecule has 0 spiro atoms. The summed E-state index contributed by atoms with van der Waals surface area (Å²) in [5.41, 5.74) is -0.638. The van der Waals surface area contributed by atoms with Gasteiger partial charge < -0.3 is 24.4 Å². The van der Waals surface area contributed by atoms with Gasteiger partial charge in [0, 0.05) is 6.07 Å². The molecule has 0 aliphatic rings. The van der Waals surface area contributed by atoms with Crippen molar-refractivity contribution in [3.8, 4) is 17.2 Å². The van der Waals surface area contributed by atoms with Crippen molar-refractivity contribution in [3.63, 3.8) is 0 Å². The maximum absolute atomic E-state index is 11.8. The summed E-state index contributed by atoms with van der Waals surface area (Å²) in [6.45, 7) is 10.3. The molecule has 0 aliphatic heterocycles. The van der Waals surface area contributed by atoms with Gasteiger partial charge in [0.05, 0.1) is 18.3 Å². The largest absolute Gasteiger partial charge is 0.489 e. The van der Waals surface area contributed by atoms with Crippen LogP contribution in [0.2, 0.25) is 0 Å². The van der Waals surface area contributed by atoms with Gasteiger partial charge in [-0.15, -0.1) is 0 Å². The average molecular weight is 340 g/mol. The summed E-state index contributed by atoms with van der Waals surface area (Å²) in [7, 11) is 0. The highest BCUT2D eigenvalue weighted by Gasteiger charge is 2.30. The molecule has 0 aromatic heterocycles. The lowest BCUT2D eigenvalue weighted by molar-refractivity contribution is 0.0676. The molecule has 7 heteroatoms. The Balaban J connectivity index is 3.78. The molecule has 2 N–H and O–H groups in total. The third-order valence-electron chi connectivity index (χ3n) is 2.71. The van der Waals surface area contributed by atoms with Gasteiger partial charge in [-0.3, -0.25) is 0 Å². The second-order valence-electron chi connectivity index (χ2n) is 6.07. The van der Waals surface area contributed by atoms with Crippen molar-refractivity contribution in [2.24, 2.45) is 0 Å². The Labute approximate surface area is 141 Å². The van der Waals surface area contributed by atoms with Gasteiger partial charge in [-0.25, -0.2) is 9.59 Å². The fourth-order valence-corrected chi connectivity index (χ4v) is 2.03. The monoisotopic (exact) mass is 340 g/mol. The Morgan fingerprint density at radius 2 is 1.25 bits per heavy atom. The van der Waals surface area contributed by atoms with Crippen LogP contribution in [0.5, 0.6) is 17.2 Å². The Bertz CT molecular complexity index is 618. The van der Waals surface area contributed by atoms with E-state index in [9.17, 15) is 19.8 Å². The van der Waals surface area contributed by atoms with E-state index < -0.39 is 18.0 Å². The van der Waals surface area contributed by atoms with Gasteiger partial charge in [0.15, 0.2) is 17.2 Å². The van der Waals surface area contributed by atoms with Crippen LogP contribution in [-0.2, 0) is 0 Å². The van der Waals surface area contributed by atoms with Crippen LogP contribution in [0.3, 0.4) is 0 Å². The van der Waals surface area contributed by atoms with Crippen molar-refractivity contribution in [2.45, 2.75) is 59.9 Å². The molecule has 7 nitrogen and oxygen atoms in total. The lowest BCUT2D eigenvalue weighted by atomic mass is 10.1. The summed E-state index contributed by atoms with van der Waals surface area (Å²) in [6, 6.07) is 1.24. The molecule has 0 unspecified atom stereocenters. The summed E-state index contributed by atoms with van der Waals surface area (Å²) >= 11 is 0. The number of rotatable bonds is 8. The number of ether oxygens (including phenoxy) is 3. The molecule has 1 aromatic carbocycles. The van der Waals surface area contributed by atoms with E-state index >= 15 is 0 Å². The zero-order valence-electron chi connectivity index (χ0n) is 14.7. The summed E-state index contributed by atoms with van der Waals surface area (Å²) < 4.78 is 16.7. The molecule has 0 saturated heterocycles. The second kappa shape index (κ2) is 7.90. The molecule has 0 atom stereocenters. The molecule has 0 radical (unpaired) electrons. The Hall–Kier alpha value is -2.44. The van der Waals surface area contributed by atoms with Crippen LogP contribution in [0.1, 0.15) is 62.3 Å². The highest BCUT2D eigenvalue weighted by atomic mass is 16.5. The molecule has 134 valence electrons. The molecule has 0 aliphatic carbocycles. The summed E-state index contributed by atoms with van der Waals surface area (Å²) in [5, 5.41) is 19.1. The minimum Gasteiger partial charge on any atom is -0.489 e. The van der Waals surface area contributed by atoms with Gasteiger partial charge in [-0.2, -0.15) is 0 Å². The van der Waals surface area contributed by atoms with E-state index in [1.54, 1.807) is 41.5 Å². The van der Waals surface area contributed by atoms with E-state index in [0.717, 1.165) is 0 Å². The molecule has 1 aromatic rings. The Kier molecular flexibility index (Phi) is 6.45. The zero-order valence-corrected chi connectivity index (χ0v) is 14.7. The van der Waals surface area contributed by atoms with Crippen LogP contribution < -0.4 is 14.2 Å². The molecule has 0 amide bonds. The van der Waals surface area contributed by atoms with E-state index in [0.29, 0.717) is 0 Å². The number of aromatic carboxylic acids is 2. The molecule has 0 heterocycles. The number of carboxylic acid groups (broad SMARTS) is 2. The number of hydrogen-bond donors (Lipinski definition) is 2. The topological polar surface area (TPSA) is 102 Å². The fourth-order valence-electron chi connectivity index (χ4n) is 2.03. The maximum Gasteiger partial charge on any atom is 0.343 e. The lowest BCUT2D eigenvalue weighted by Gasteiger charge is -2.23. The minimum absolute atomic E-state index is 0.0353. The van der Waals surface area contributed by atoms with Crippen molar-refractivity contribution in [1.29, 1.82) is 0 Å². The highest BCUT2D eigenvalue weighted by Crippen LogP contribution is 2.42. The molecule has 1 rings (SSSR count). The van der Waals surface area contributed by atoms with Crippen molar-refractivity contribution in [1.82, 2.24) is 0 Å². The molecule has 0 bridgehead atoms.